The van der Waals surface area contributed by atoms with Crippen molar-refractivity contribution < 1.29 is 9.53 Å². The molecular weight excluding hydrogens is 340 g/mol. The van der Waals surface area contributed by atoms with Gasteiger partial charge in [-0.05, 0) is 24.6 Å². The van der Waals surface area contributed by atoms with Crippen molar-refractivity contribution >= 4 is 17.6 Å². The van der Waals surface area contributed by atoms with E-state index in [0.717, 1.165) is 18.4 Å². The fourth-order valence-corrected chi connectivity index (χ4v) is 2.87. The van der Waals surface area contributed by atoms with Crippen molar-refractivity contribution in [3.8, 4) is 5.88 Å². The van der Waals surface area contributed by atoms with Crippen molar-refractivity contribution in [2.75, 3.05) is 13.1 Å². The van der Waals surface area contributed by atoms with E-state index in [9.17, 15) is 4.79 Å². The van der Waals surface area contributed by atoms with Crippen LogP contribution in [-0.4, -0.2) is 40.1 Å². The number of halogens is 1. The quantitative estimate of drug-likeness (QED) is 0.909. The number of rotatable bonds is 4. The monoisotopic (exact) mass is 360 g/mol. The van der Waals surface area contributed by atoms with E-state index in [2.05, 4.69) is 15.3 Å². The van der Waals surface area contributed by atoms with Gasteiger partial charge in [-0.25, -0.2) is 9.78 Å². The van der Waals surface area contributed by atoms with Crippen LogP contribution in [0.15, 0.2) is 36.5 Å². The first-order chi connectivity index (χ1) is 12.1. The number of nitrogens with zero attached hydrogens (tertiary/aromatic N) is 3. The van der Waals surface area contributed by atoms with Gasteiger partial charge in [0.15, 0.2) is 0 Å². The van der Waals surface area contributed by atoms with Crippen molar-refractivity contribution in [3.05, 3.63) is 52.9 Å². The van der Waals surface area contributed by atoms with Crippen LogP contribution in [0.4, 0.5) is 4.79 Å². The predicted octanol–water partition coefficient (Wildman–Crippen LogP) is 3.19. The average molecular weight is 361 g/mol. The third-order valence-corrected chi connectivity index (χ3v) is 4.38. The van der Waals surface area contributed by atoms with E-state index < -0.39 is 0 Å². The summed E-state index contributed by atoms with van der Waals surface area (Å²) in [7, 11) is 0. The number of urea groups is 1. The lowest BCUT2D eigenvalue weighted by atomic mass is 10.1. The molecule has 0 aliphatic carbocycles. The highest BCUT2D eigenvalue weighted by Gasteiger charge is 2.24. The van der Waals surface area contributed by atoms with Crippen LogP contribution in [0, 0.1) is 6.92 Å². The largest absolute Gasteiger partial charge is 0.474 e. The van der Waals surface area contributed by atoms with Gasteiger partial charge in [-0.3, -0.25) is 0 Å². The topological polar surface area (TPSA) is 67.3 Å². The molecule has 0 bridgehead atoms. The van der Waals surface area contributed by atoms with E-state index in [4.69, 9.17) is 16.3 Å². The minimum atomic E-state index is -0.0497. The first kappa shape index (κ1) is 17.5. The lowest BCUT2D eigenvalue weighted by molar-refractivity contribution is 0.107. The Bertz CT molecular complexity index is 715. The number of likely N-dealkylation sites (tertiary alicyclic amines) is 1. The Morgan fingerprint density at radius 2 is 2.00 bits per heavy atom. The lowest BCUT2D eigenvalue weighted by Gasteiger charge is -2.32. The number of piperidine rings is 1. The maximum Gasteiger partial charge on any atom is 0.317 e. The number of aryl methyl sites for hydroxylation is 1. The molecule has 0 spiro atoms. The fraction of sp³-hybridized carbons (Fsp3) is 0.389. The van der Waals surface area contributed by atoms with Gasteiger partial charge < -0.3 is 15.0 Å². The maximum absolute atomic E-state index is 12.3. The Balaban J connectivity index is 1.43. The van der Waals surface area contributed by atoms with Crippen LogP contribution in [0.3, 0.4) is 0 Å². The Morgan fingerprint density at radius 3 is 2.68 bits per heavy atom. The van der Waals surface area contributed by atoms with Gasteiger partial charge in [0, 0.05) is 49.8 Å². The summed E-state index contributed by atoms with van der Waals surface area (Å²) in [4.78, 5) is 22.4. The Kier molecular flexibility index (Phi) is 5.71. The number of carbonyl (C=O) groups is 1. The van der Waals surface area contributed by atoms with Crippen LogP contribution in [0.2, 0.25) is 5.02 Å². The predicted molar refractivity (Wildman–Crippen MR) is 95.7 cm³/mol. The van der Waals surface area contributed by atoms with Gasteiger partial charge in [-0.2, -0.15) is 4.98 Å². The molecule has 7 heteroatoms. The molecule has 2 heterocycles. The SMILES string of the molecule is Cc1nccc(OC2CCN(C(=O)NCc3ccc(Cl)cc3)CC2)n1. The standard InChI is InChI=1S/C18H21ClN4O2/c1-13-20-9-6-17(22-13)25-16-7-10-23(11-8-16)18(24)21-12-14-2-4-15(19)5-3-14/h2-6,9,16H,7-8,10-12H2,1H3,(H,21,24). The second-order valence-corrected chi connectivity index (χ2v) is 6.47. The van der Waals surface area contributed by atoms with Crippen LogP contribution < -0.4 is 10.1 Å². The smallest absolute Gasteiger partial charge is 0.317 e. The third-order valence-electron chi connectivity index (χ3n) is 4.12. The number of hydrogen-bond donors (Lipinski definition) is 1. The van der Waals surface area contributed by atoms with Crippen LogP contribution >= 0.6 is 11.6 Å². The third kappa shape index (κ3) is 5.06. The second kappa shape index (κ2) is 8.16. The number of amides is 2. The summed E-state index contributed by atoms with van der Waals surface area (Å²) in [5.74, 6) is 1.29. The normalized spacial score (nSPS) is 15.0. The van der Waals surface area contributed by atoms with Crippen molar-refractivity contribution in [3.63, 3.8) is 0 Å². The Morgan fingerprint density at radius 1 is 1.28 bits per heavy atom. The van der Waals surface area contributed by atoms with Gasteiger partial charge in [0.1, 0.15) is 11.9 Å². The summed E-state index contributed by atoms with van der Waals surface area (Å²) >= 11 is 5.86. The zero-order valence-electron chi connectivity index (χ0n) is 14.1. The highest BCUT2D eigenvalue weighted by molar-refractivity contribution is 6.30. The summed E-state index contributed by atoms with van der Waals surface area (Å²) in [6.07, 6.45) is 3.35. The van der Waals surface area contributed by atoms with Crippen LogP contribution in [0.5, 0.6) is 5.88 Å². The molecule has 0 radical (unpaired) electrons. The number of benzene rings is 1. The number of carbonyl (C=O) groups excluding carboxylic acids is 1. The van der Waals surface area contributed by atoms with E-state index in [1.54, 1.807) is 12.3 Å². The van der Waals surface area contributed by atoms with E-state index in [1.165, 1.54) is 0 Å². The van der Waals surface area contributed by atoms with Crippen molar-refractivity contribution in [1.29, 1.82) is 0 Å². The van der Waals surface area contributed by atoms with Gasteiger partial charge in [-0.1, -0.05) is 23.7 Å². The Hall–Kier alpha value is -2.34. The zero-order chi connectivity index (χ0) is 17.6. The molecular formula is C18H21ClN4O2. The fourth-order valence-electron chi connectivity index (χ4n) is 2.74. The number of ether oxygens (including phenoxy) is 1. The maximum atomic E-state index is 12.3. The van der Waals surface area contributed by atoms with Crippen molar-refractivity contribution in [2.24, 2.45) is 0 Å². The van der Waals surface area contributed by atoms with Gasteiger partial charge in [0.2, 0.25) is 5.88 Å². The van der Waals surface area contributed by atoms with Crippen LogP contribution in [0.1, 0.15) is 24.2 Å². The van der Waals surface area contributed by atoms with Gasteiger partial charge in [0.25, 0.3) is 0 Å². The van der Waals surface area contributed by atoms with E-state index in [-0.39, 0.29) is 12.1 Å². The first-order valence-electron chi connectivity index (χ1n) is 8.33. The van der Waals surface area contributed by atoms with Crippen molar-refractivity contribution in [1.82, 2.24) is 20.2 Å². The molecule has 132 valence electrons. The van der Waals surface area contributed by atoms with Gasteiger partial charge in [-0.15, -0.1) is 0 Å². The first-order valence-corrected chi connectivity index (χ1v) is 8.71. The number of aromatic nitrogens is 2. The molecule has 25 heavy (non-hydrogen) atoms. The van der Waals surface area contributed by atoms with Crippen LogP contribution in [-0.2, 0) is 6.54 Å². The second-order valence-electron chi connectivity index (χ2n) is 6.03. The van der Waals surface area contributed by atoms with E-state index >= 15 is 0 Å². The summed E-state index contributed by atoms with van der Waals surface area (Å²) in [6.45, 7) is 3.66. The van der Waals surface area contributed by atoms with Gasteiger partial charge in [0.05, 0.1) is 0 Å². The number of hydrogen-bond acceptors (Lipinski definition) is 4. The van der Waals surface area contributed by atoms with Gasteiger partial charge >= 0.3 is 6.03 Å². The lowest BCUT2D eigenvalue weighted by Crippen LogP contribution is -2.46. The molecule has 1 aliphatic heterocycles. The zero-order valence-corrected chi connectivity index (χ0v) is 14.9. The Labute approximate surface area is 152 Å². The minimum absolute atomic E-state index is 0.0497. The highest BCUT2D eigenvalue weighted by atomic mass is 35.5. The highest BCUT2D eigenvalue weighted by Crippen LogP contribution is 2.17. The van der Waals surface area contributed by atoms with Crippen molar-refractivity contribution in [2.45, 2.75) is 32.4 Å². The van der Waals surface area contributed by atoms with Crippen LogP contribution in [0.25, 0.3) is 0 Å². The molecule has 3 rings (SSSR count). The molecule has 2 aromatic rings. The molecule has 0 atom stereocenters. The average Bonchev–Trinajstić information content (AvgIpc) is 2.62. The molecule has 0 unspecified atom stereocenters. The minimum Gasteiger partial charge on any atom is -0.474 e. The number of nitrogens with one attached hydrogen (secondary N) is 1. The summed E-state index contributed by atoms with van der Waals surface area (Å²) in [5.41, 5.74) is 1.02. The molecule has 1 aliphatic rings. The van der Waals surface area contributed by atoms with E-state index in [0.29, 0.717) is 36.4 Å². The summed E-state index contributed by atoms with van der Waals surface area (Å²) in [6, 6.07) is 9.17. The molecule has 1 fully saturated rings. The molecule has 2 amide bonds. The molecule has 1 saturated heterocycles. The summed E-state index contributed by atoms with van der Waals surface area (Å²) < 4.78 is 5.88. The molecule has 0 saturated carbocycles. The molecule has 1 N–H and O–H groups in total. The molecule has 1 aromatic carbocycles. The van der Waals surface area contributed by atoms with E-state index in [1.807, 2.05) is 36.1 Å². The molecule has 1 aromatic heterocycles. The molecule has 6 nitrogen and oxygen atoms in total. The summed E-state index contributed by atoms with van der Waals surface area (Å²) in [5, 5.41) is 3.63.